The van der Waals surface area contributed by atoms with E-state index in [0.717, 1.165) is 5.56 Å². The zero-order chi connectivity index (χ0) is 28.3. The molecule has 1 spiro atoms. The Morgan fingerprint density at radius 1 is 0.829 bits per heavy atom. The lowest BCUT2D eigenvalue weighted by molar-refractivity contribution is -0.126. The van der Waals surface area contributed by atoms with Crippen LogP contribution in [0.4, 0.5) is 10.1 Å². The van der Waals surface area contributed by atoms with Gasteiger partial charge >= 0.3 is 0 Å². The van der Waals surface area contributed by atoms with Crippen LogP contribution in [-0.4, -0.2) is 23.8 Å². The van der Waals surface area contributed by atoms with Crippen LogP contribution in [0.5, 0.6) is 5.75 Å². The molecule has 0 fully saturated rings. The minimum Gasteiger partial charge on any atom is -0.497 e. The molecular weight excluding hydrogens is 523 g/mol. The molecule has 5 aromatic rings. The number of para-hydroxylation sites is 2. The van der Waals surface area contributed by atoms with Gasteiger partial charge in [0.25, 0.3) is 11.8 Å². The molecule has 2 amide bonds. The van der Waals surface area contributed by atoms with E-state index in [0.29, 0.717) is 22.6 Å². The minimum absolute atomic E-state index is 0.0103. The van der Waals surface area contributed by atoms with Gasteiger partial charge in [-0.15, -0.1) is 0 Å². The molecule has 2 aliphatic rings. The fourth-order valence-electron chi connectivity index (χ4n) is 6.03. The van der Waals surface area contributed by atoms with Crippen LogP contribution in [0.15, 0.2) is 106 Å². The van der Waals surface area contributed by atoms with Gasteiger partial charge in [0.2, 0.25) is 5.76 Å². The molecule has 0 bridgehead atoms. The van der Waals surface area contributed by atoms with E-state index in [2.05, 4.69) is 0 Å². The minimum atomic E-state index is -1.81. The number of benzene rings is 4. The van der Waals surface area contributed by atoms with Gasteiger partial charge in [-0.1, -0.05) is 60.7 Å². The first-order valence-corrected chi connectivity index (χ1v) is 13.1. The van der Waals surface area contributed by atoms with Gasteiger partial charge in [-0.2, -0.15) is 0 Å². The van der Waals surface area contributed by atoms with Gasteiger partial charge in [0, 0.05) is 17.7 Å². The molecule has 0 aliphatic carbocycles. The van der Waals surface area contributed by atoms with Crippen LogP contribution < -0.4 is 15.1 Å². The highest BCUT2D eigenvalue weighted by Crippen LogP contribution is 2.53. The van der Waals surface area contributed by atoms with E-state index in [9.17, 15) is 18.8 Å². The molecule has 7 rings (SSSR count). The predicted molar refractivity (Wildman–Crippen MR) is 150 cm³/mol. The molecule has 2 aliphatic heterocycles. The average molecular weight is 547 g/mol. The SMILES string of the molecule is COc1ccc(CN2C(=O)c3oc4ccccc4c(=O)c3C23C(=O)N(Cc2ccccc2F)c2ccccc23)cc1. The molecule has 1 aromatic heterocycles. The monoisotopic (exact) mass is 546 g/mol. The normalized spacial score (nSPS) is 17.4. The average Bonchev–Trinajstić information content (AvgIpc) is 3.39. The summed E-state index contributed by atoms with van der Waals surface area (Å²) < 4.78 is 26.2. The Bertz CT molecular complexity index is 1930. The van der Waals surface area contributed by atoms with Crippen molar-refractivity contribution in [1.82, 2.24) is 4.90 Å². The van der Waals surface area contributed by atoms with E-state index in [1.807, 2.05) is 0 Å². The molecule has 8 heteroatoms. The van der Waals surface area contributed by atoms with Gasteiger partial charge < -0.3 is 19.0 Å². The molecule has 0 saturated carbocycles. The summed E-state index contributed by atoms with van der Waals surface area (Å²) in [5.41, 5.74) is -0.0397. The Labute approximate surface area is 234 Å². The number of halogens is 1. The van der Waals surface area contributed by atoms with E-state index < -0.39 is 28.6 Å². The van der Waals surface area contributed by atoms with Crippen molar-refractivity contribution in [2.45, 2.75) is 18.6 Å². The molecular formula is C33H23FN2O5. The molecule has 1 atom stereocenters. The maximum Gasteiger partial charge on any atom is 0.291 e. The second-order valence-corrected chi connectivity index (χ2v) is 10.1. The summed E-state index contributed by atoms with van der Waals surface area (Å²) in [5.74, 6) is -1.08. The molecule has 0 radical (unpaired) electrons. The highest BCUT2D eigenvalue weighted by Gasteiger charge is 2.65. The van der Waals surface area contributed by atoms with E-state index in [4.69, 9.17) is 9.15 Å². The topological polar surface area (TPSA) is 80.1 Å². The Morgan fingerprint density at radius 3 is 2.32 bits per heavy atom. The van der Waals surface area contributed by atoms with Crippen molar-refractivity contribution in [2.75, 3.05) is 12.0 Å². The zero-order valence-corrected chi connectivity index (χ0v) is 22.0. The first-order valence-electron chi connectivity index (χ1n) is 13.1. The number of carbonyl (C=O) groups is 2. The van der Waals surface area contributed by atoms with Crippen LogP contribution in [-0.2, 0) is 23.4 Å². The molecule has 202 valence electrons. The van der Waals surface area contributed by atoms with Crippen molar-refractivity contribution >= 4 is 28.5 Å². The smallest absolute Gasteiger partial charge is 0.291 e. The third kappa shape index (κ3) is 3.47. The number of fused-ring (bicyclic) bond motifs is 5. The molecule has 4 aromatic carbocycles. The molecule has 0 N–H and O–H groups in total. The quantitative estimate of drug-likeness (QED) is 0.296. The Hall–Kier alpha value is -5.24. The van der Waals surface area contributed by atoms with E-state index in [1.165, 1.54) is 15.9 Å². The van der Waals surface area contributed by atoms with Gasteiger partial charge in [-0.25, -0.2) is 4.39 Å². The third-order valence-corrected chi connectivity index (χ3v) is 7.93. The Kier molecular flexibility index (Phi) is 5.54. The largest absolute Gasteiger partial charge is 0.497 e. The van der Waals surface area contributed by atoms with Crippen LogP contribution in [0.2, 0.25) is 0 Å². The summed E-state index contributed by atoms with van der Waals surface area (Å²) >= 11 is 0. The first kappa shape index (κ1) is 24.8. The van der Waals surface area contributed by atoms with Gasteiger partial charge in [-0.3, -0.25) is 14.4 Å². The number of anilines is 1. The molecule has 0 saturated heterocycles. The Morgan fingerprint density at radius 2 is 1.54 bits per heavy atom. The fraction of sp³-hybridized carbons (Fsp3) is 0.121. The van der Waals surface area contributed by atoms with Crippen molar-refractivity contribution in [3.63, 3.8) is 0 Å². The lowest BCUT2D eigenvalue weighted by Gasteiger charge is -2.34. The third-order valence-electron chi connectivity index (χ3n) is 7.93. The second-order valence-electron chi connectivity index (χ2n) is 10.1. The number of amides is 2. The van der Waals surface area contributed by atoms with Crippen molar-refractivity contribution in [3.8, 4) is 5.75 Å². The number of hydrogen-bond donors (Lipinski definition) is 0. The van der Waals surface area contributed by atoms with Gasteiger partial charge in [0.15, 0.2) is 11.0 Å². The van der Waals surface area contributed by atoms with Crippen LogP contribution in [0.25, 0.3) is 11.0 Å². The number of carbonyl (C=O) groups excluding carboxylic acids is 2. The summed E-state index contributed by atoms with van der Waals surface area (Å²) in [6.45, 7) is -0.0699. The predicted octanol–water partition coefficient (Wildman–Crippen LogP) is 5.39. The lowest BCUT2D eigenvalue weighted by Crippen LogP contribution is -2.53. The van der Waals surface area contributed by atoms with Crippen molar-refractivity contribution in [2.24, 2.45) is 0 Å². The van der Waals surface area contributed by atoms with Crippen LogP contribution >= 0.6 is 0 Å². The van der Waals surface area contributed by atoms with E-state index in [-0.39, 0.29) is 35.4 Å². The zero-order valence-electron chi connectivity index (χ0n) is 22.0. The fourth-order valence-corrected chi connectivity index (χ4v) is 6.03. The van der Waals surface area contributed by atoms with Gasteiger partial charge in [0.05, 0.1) is 30.3 Å². The highest BCUT2D eigenvalue weighted by atomic mass is 19.1. The van der Waals surface area contributed by atoms with E-state index in [1.54, 1.807) is 98.1 Å². The summed E-state index contributed by atoms with van der Waals surface area (Å²) in [4.78, 5) is 46.1. The summed E-state index contributed by atoms with van der Waals surface area (Å²) in [6.07, 6.45) is 0. The van der Waals surface area contributed by atoms with Crippen molar-refractivity contribution in [1.29, 1.82) is 0 Å². The number of nitrogens with zero attached hydrogens (tertiary/aromatic N) is 2. The highest BCUT2D eigenvalue weighted by molar-refractivity contribution is 6.17. The van der Waals surface area contributed by atoms with Crippen LogP contribution in [0.3, 0.4) is 0 Å². The Balaban J connectivity index is 1.49. The van der Waals surface area contributed by atoms with E-state index >= 15 is 0 Å². The van der Waals surface area contributed by atoms with Gasteiger partial charge in [-0.05, 0) is 42.0 Å². The molecule has 41 heavy (non-hydrogen) atoms. The van der Waals surface area contributed by atoms with Gasteiger partial charge in [0.1, 0.15) is 17.1 Å². The van der Waals surface area contributed by atoms with Crippen LogP contribution in [0, 0.1) is 5.82 Å². The lowest BCUT2D eigenvalue weighted by atomic mass is 9.83. The first-order chi connectivity index (χ1) is 19.9. The molecule has 7 nitrogen and oxygen atoms in total. The molecule has 3 heterocycles. The summed E-state index contributed by atoms with van der Waals surface area (Å²) in [5, 5.41) is 0.266. The summed E-state index contributed by atoms with van der Waals surface area (Å²) in [6, 6.07) is 27.1. The van der Waals surface area contributed by atoms with Crippen molar-refractivity contribution in [3.05, 3.63) is 141 Å². The molecule has 1 unspecified atom stereocenters. The maximum atomic E-state index is 14.8. The number of ether oxygens (including phenoxy) is 1. The summed E-state index contributed by atoms with van der Waals surface area (Å²) in [7, 11) is 1.56. The standard InChI is InChI=1S/C33H23FN2O5/c1-40-22-16-14-20(15-17-22)18-36-31(38)30-28(29(37)23-9-3-7-13-27(23)41-30)33(36)24-10-4-6-12-26(24)35(32(33)39)19-21-8-2-5-11-25(21)34/h2-17H,18-19H2,1H3. The van der Waals surface area contributed by atoms with Crippen LogP contribution in [0.1, 0.15) is 32.8 Å². The number of methoxy groups -OCH3 is 1. The maximum absolute atomic E-state index is 14.8. The number of rotatable bonds is 5. The second kappa shape index (κ2) is 9.16. The number of hydrogen-bond acceptors (Lipinski definition) is 5. The van der Waals surface area contributed by atoms with Crippen molar-refractivity contribution < 1.29 is 23.1 Å².